The third-order valence-electron chi connectivity index (χ3n) is 12.6. The van der Waals surface area contributed by atoms with Gasteiger partial charge in [0, 0.05) is 45.1 Å². The Hall–Kier alpha value is -6.52. The molecule has 2 aliphatic heterocycles. The van der Waals surface area contributed by atoms with Crippen LogP contribution in [-0.4, -0.2) is 154 Å². The number of nitrogens with zero attached hydrogens (tertiary/aromatic N) is 7. The second-order valence-electron chi connectivity index (χ2n) is 18.0. The van der Waals surface area contributed by atoms with Gasteiger partial charge in [0.2, 0.25) is 0 Å². The van der Waals surface area contributed by atoms with Crippen molar-refractivity contribution in [2.75, 3.05) is 142 Å². The first kappa shape index (κ1) is 65.6. The molecule has 1 N–H and O–H groups in total. The Morgan fingerprint density at radius 1 is 0.675 bits per heavy atom. The van der Waals surface area contributed by atoms with Gasteiger partial charge < -0.3 is 62.3 Å². The summed E-state index contributed by atoms with van der Waals surface area (Å²) in [5.41, 5.74) is 6.95. The Kier molecular flexibility index (Phi) is 30.9. The molecular weight excluding hydrogens is 1100 g/mol. The van der Waals surface area contributed by atoms with Crippen LogP contribution in [0.5, 0.6) is 5.75 Å². The largest absolute Gasteiger partial charge is 0.491 e. The molecule has 83 heavy (non-hydrogen) atoms. The van der Waals surface area contributed by atoms with Gasteiger partial charge in [-0.15, -0.1) is 25.8 Å². The van der Waals surface area contributed by atoms with E-state index in [1.165, 1.54) is 11.1 Å². The number of thiocyanates is 1. The number of benzene rings is 5. The van der Waals surface area contributed by atoms with Crippen LogP contribution >= 0.6 is 24.4 Å². The number of thioether (sulfide) groups is 1. The van der Waals surface area contributed by atoms with Crippen LogP contribution in [0.3, 0.4) is 0 Å². The molecule has 3 heterocycles. The molecule has 2 aliphatic rings. The van der Waals surface area contributed by atoms with E-state index in [1.807, 2.05) is 91.7 Å². The number of fused-ring (bicyclic) bond motifs is 6. The molecule has 3 unspecified atom stereocenters. The molecule has 21 heteroatoms. The Bertz CT molecular complexity index is 2840. The normalized spacial score (nSPS) is 14.6. The summed E-state index contributed by atoms with van der Waals surface area (Å²) in [4.78, 5) is 9.45. The highest BCUT2D eigenvalue weighted by molar-refractivity contribution is 8.03. The second kappa shape index (κ2) is 39.1. The lowest BCUT2D eigenvalue weighted by Crippen LogP contribution is -2.33. The van der Waals surface area contributed by atoms with E-state index in [1.54, 1.807) is 12.4 Å². The minimum atomic E-state index is -0.337. The highest BCUT2D eigenvalue weighted by Gasteiger charge is 2.40. The molecular formula is C62H79N7O12S2. The molecule has 8 rings (SSSR count). The third kappa shape index (κ3) is 21.9. The first-order valence-corrected chi connectivity index (χ1v) is 29.2. The predicted molar refractivity (Wildman–Crippen MR) is 325 cm³/mol. The molecule has 0 saturated heterocycles. The maximum absolute atomic E-state index is 10.0. The molecule has 446 valence electrons. The van der Waals surface area contributed by atoms with Gasteiger partial charge >= 0.3 is 0 Å². The Labute approximate surface area is 497 Å². The summed E-state index contributed by atoms with van der Waals surface area (Å²) in [6.07, 6.45) is 2.81. The van der Waals surface area contributed by atoms with Crippen molar-refractivity contribution in [3.05, 3.63) is 163 Å². The maximum atomic E-state index is 10.0. The fourth-order valence-corrected chi connectivity index (χ4v) is 9.36. The molecule has 0 spiro atoms. The molecule has 19 nitrogen and oxygen atoms in total. The molecule has 0 bridgehead atoms. The topological polar surface area (TPSA) is 194 Å². The van der Waals surface area contributed by atoms with Crippen LogP contribution in [0.15, 0.2) is 166 Å². The van der Waals surface area contributed by atoms with Gasteiger partial charge in [0.25, 0.3) is 0 Å². The average molecular weight is 1180 g/mol. The van der Waals surface area contributed by atoms with Gasteiger partial charge in [0.15, 0.2) is 0 Å². The zero-order valence-electron chi connectivity index (χ0n) is 47.6. The number of rotatable bonds is 37. The van der Waals surface area contributed by atoms with Gasteiger partial charge in [-0.1, -0.05) is 84.9 Å². The van der Waals surface area contributed by atoms with Crippen LogP contribution in [0, 0.1) is 10.7 Å². The molecule has 3 atom stereocenters. The molecule has 6 aromatic rings. The summed E-state index contributed by atoms with van der Waals surface area (Å²) in [6.45, 7) is 18.8. The van der Waals surface area contributed by atoms with Crippen LogP contribution in [0.25, 0.3) is 10.9 Å². The Morgan fingerprint density at radius 2 is 1.24 bits per heavy atom. The van der Waals surface area contributed by atoms with Crippen molar-refractivity contribution in [2.24, 2.45) is 15.5 Å². The van der Waals surface area contributed by atoms with Crippen molar-refractivity contribution >= 4 is 52.9 Å². The number of aromatic nitrogens is 1. The summed E-state index contributed by atoms with van der Waals surface area (Å²) in [5, 5.41) is 37.8. The standard InChI is InChI=1S/C58H69N7O12S2.C2H6.C2H4/c59-44-79-51-19-13-47(14-20-51)65-58-53-9-2-1-7-45(53)40-63(55-11-5-4-10-54(55)57(58)61-62-65)21-22-67-23-24-70-34-37-76-49(42-73-31-29-68-25-27-71-33-36-75-48-15-17-50(78)18-16-48)43-74-32-30-69-26-28-72-35-38-77-60-39-46-41-64(66)56-12-6-3-8-52(46)56;2*1-2/h1-20,39,41,49,57-58,66,78H,21-38,40,42-43H2;1-2H3;1-2H2/b60-39+;;. The van der Waals surface area contributed by atoms with Gasteiger partial charge in [-0.3, -0.25) is 0 Å². The summed E-state index contributed by atoms with van der Waals surface area (Å²) in [7, 11) is 0. The molecule has 1 aromatic heterocycles. The van der Waals surface area contributed by atoms with E-state index in [0.29, 0.717) is 138 Å². The highest BCUT2D eigenvalue weighted by Crippen LogP contribution is 2.49. The summed E-state index contributed by atoms with van der Waals surface area (Å²) in [6, 6.07) is 39.5. The van der Waals surface area contributed by atoms with E-state index in [9.17, 15) is 5.21 Å². The van der Waals surface area contributed by atoms with E-state index in [2.05, 4.69) is 89.8 Å². The SMILES string of the molecule is C=C.CC.N#CSc1ccc(N2N=NC3c4ccccc4N(CCOCCOCCOC(COCCOCCOCCO/N=C/c4cn(O)c5ccccc45)COCCOCCOCCOc4ccc(S)cc4)Cc4ccccc4C32)cc1. The fourth-order valence-electron chi connectivity index (χ4n) is 8.83. The van der Waals surface area contributed by atoms with Crippen LogP contribution in [0.2, 0.25) is 0 Å². The highest BCUT2D eigenvalue weighted by atomic mass is 32.2. The lowest BCUT2D eigenvalue weighted by molar-refractivity contribution is -0.0869. The third-order valence-corrected chi connectivity index (χ3v) is 13.5. The van der Waals surface area contributed by atoms with Crippen molar-refractivity contribution in [3.63, 3.8) is 0 Å². The molecule has 0 aliphatic carbocycles. The number of nitriles is 1. The van der Waals surface area contributed by atoms with E-state index in [-0.39, 0.29) is 24.8 Å². The van der Waals surface area contributed by atoms with Crippen molar-refractivity contribution in [1.82, 2.24) is 4.73 Å². The average Bonchev–Trinajstić information content (AvgIpc) is 3.88. The zero-order valence-corrected chi connectivity index (χ0v) is 49.3. The zero-order chi connectivity index (χ0) is 58.5. The summed E-state index contributed by atoms with van der Waals surface area (Å²) >= 11 is 5.43. The van der Waals surface area contributed by atoms with Crippen molar-refractivity contribution in [3.8, 4) is 11.2 Å². The van der Waals surface area contributed by atoms with E-state index < -0.39 is 0 Å². The summed E-state index contributed by atoms with van der Waals surface area (Å²) in [5.74, 6) is 0.775. The number of para-hydroxylation sites is 2. The van der Waals surface area contributed by atoms with Crippen molar-refractivity contribution in [1.29, 1.82) is 5.26 Å². The molecule has 5 aromatic carbocycles. The number of oxime groups is 1. The minimum Gasteiger partial charge on any atom is -0.491 e. The van der Waals surface area contributed by atoms with Gasteiger partial charge in [0.05, 0.1) is 136 Å². The molecule has 0 amide bonds. The van der Waals surface area contributed by atoms with Gasteiger partial charge in [-0.25, -0.2) is 5.01 Å². The smallest absolute Gasteiger partial charge is 0.140 e. The van der Waals surface area contributed by atoms with E-state index >= 15 is 0 Å². The molecule has 0 fully saturated rings. The Balaban J connectivity index is 0.00000271. The number of thiol groups is 1. The van der Waals surface area contributed by atoms with Crippen molar-refractivity contribution in [2.45, 2.75) is 48.4 Å². The van der Waals surface area contributed by atoms with Gasteiger partial charge in [0.1, 0.15) is 42.6 Å². The number of hydrogen-bond acceptors (Lipinski definition) is 20. The minimum absolute atomic E-state index is 0.128. The lowest BCUT2D eigenvalue weighted by atomic mass is 9.87. The maximum Gasteiger partial charge on any atom is 0.140 e. The van der Waals surface area contributed by atoms with Crippen molar-refractivity contribution < 1.29 is 57.4 Å². The monoisotopic (exact) mass is 1180 g/mol. The number of anilines is 2. The van der Waals surface area contributed by atoms with Crippen LogP contribution in [0.1, 0.15) is 48.2 Å². The van der Waals surface area contributed by atoms with E-state index in [4.69, 9.17) is 67.8 Å². The quantitative estimate of drug-likeness (QED) is 0.00546. The predicted octanol–water partition coefficient (Wildman–Crippen LogP) is 11.2. The fraction of sp³-hybridized carbons (Fsp3) is 0.419. The molecule has 0 radical (unpaired) electrons. The summed E-state index contributed by atoms with van der Waals surface area (Å²) < 4.78 is 59.4. The second-order valence-corrected chi connectivity index (χ2v) is 19.4. The molecule has 0 saturated carbocycles. The lowest BCUT2D eigenvalue weighted by Gasteiger charge is -2.35. The number of hydrogen-bond donors (Lipinski definition) is 2. The van der Waals surface area contributed by atoms with E-state index in [0.717, 1.165) is 59.9 Å². The first-order chi connectivity index (χ1) is 41.1. The Morgan fingerprint density at radius 3 is 1.92 bits per heavy atom. The van der Waals surface area contributed by atoms with Gasteiger partial charge in [-0.05, 0) is 83.6 Å². The van der Waals surface area contributed by atoms with Crippen LogP contribution in [-0.2, 0) is 54.0 Å². The number of ether oxygens (including phenoxy) is 10. The van der Waals surface area contributed by atoms with Gasteiger partial charge in [-0.2, -0.15) is 15.1 Å². The van der Waals surface area contributed by atoms with Crippen LogP contribution in [0.4, 0.5) is 11.4 Å². The first-order valence-electron chi connectivity index (χ1n) is 27.9. The van der Waals surface area contributed by atoms with Crippen LogP contribution < -0.4 is 14.6 Å².